The Morgan fingerprint density at radius 1 is 1.20 bits per heavy atom. The highest BCUT2D eigenvalue weighted by Gasteiger charge is 2.16. The third-order valence-corrected chi connectivity index (χ3v) is 4.31. The Balaban J connectivity index is 1.47. The Labute approximate surface area is 150 Å². The minimum atomic E-state index is 0.0672. The molecule has 134 valence electrons. The number of nitrogens with one attached hydrogen (secondary N) is 1. The monoisotopic (exact) mass is 341 g/mol. The molecule has 1 fully saturated rings. The van der Waals surface area contributed by atoms with Crippen LogP contribution in [0.2, 0.25) is 0 Å². The van der Waals surface area contributed by atoms with Crippen molar-refractivity contribution in [2.24, 2.45) is 0 Å². The van der Waals surface area contributed by atoms with Gasteiger partial charge in [-0.15, -0.1) is 0 Å². The molecule has 0 amide bonds. The first-order valence-corrected chi connectivity index (χ1v) is 9.01. The summed E-state index contributed by atoms with van der Waals surface area (Å²) in [4.78, 5) is 0. The largest absolute Gasteiger partial charge is 0.491 e. The van der Waals surface area contributed by atoms with Gasteiger partial charge in [0.25, 0.3) is 0 Å². The molecule has 25 heavy (non-hydrogen) atoms. The van der Waals surface area contributed by atoms with Crippen LogP contribution in [0.5, 0.6) is 11.5 Å². The lowest BCUT2D eigenvalue weighted by molar-refractivity contribution is 0.0680. The van der Waals surface area contributed by atoms with Crippen LogP contribution >= 0.6 is 0 Å². The van der Waals surface area contributed by atoms with Gasteiger partial charge < -0.3 is 19.5 Å². The van der Waals surface area contributed by atoms with Crippen LogP contribution in [-0.2, 0) is 4.74 Å². The molecule has 2 atom stereocenters. The molecule has 4 nitrogen and oxygen atoms in total. The van der Waals surface area contributed by atoms with Crippen LogP contribution in [0, 0.1) is 6.92 Å². The first-order valence-electron chi connectivity index (χ1n) is 9.01. The third-order valence-electron chi connectivity index (χ3n) is 4.31. The maximum absolute atomic E-state index is 6.00. The van der Waals surface area contributed by atoms with Crippen molar-refractivity contribution in [2.75, 3.05) is 25.1 Å². The van der Waals surface area contributed by atoms with E-state index in [1.165, 1.54) is 0 Å². The van der Waals surface area contributed by atoms with Crippen molar-refractivity contribution in [3.8, 4) is 11.5 Å². The first kappa shape index (κ1) is 17.6. The van der Waals surface area contributed by atoms with Gasteiger partial charge in [-0.25, -0.2) is 0 Å². The molecular formula is C21H27NO3. The van der Waals surface area contributed by atoms with E-state index in [0.717, 1.165) is 48.7 Å². The second-order valence-electron chi connectivity index (χ2n) is 6.55. The van der Waals surface area contributed by atoms with E-state index >= 15 is 0 Å². The van der Waals surface area contributed by atoms with Crippen molar-refractivity contribution in [1.29, 1.82) is 0 Å². The molecule has 1 N–H and O–H groups in total. The summed E-state index contributed by atoms with van der Waals surface area (Å²) in [7, 11) is 0. The molecule has 4 heteroatoms. The molecule has 0 saturated carbocycles. The van der Waals surface area contributed by atoms with E-state index in [4.69, 9.17) is 14.2 Å². The summed E-state index contributed by atoms with van der Waals surface area (Å²) in [6.07, 6.45) is 2.52. The van der Waals surface area contributed by atoms with Gasteiger partial charge in [-0.1, -0.05) is 24.3 Å². The van der Waals surface area contributed by atoms with Crippen LogP contribution in [0.4, 0.5) is 5.69 Å². The molecule has 0 aromatic heterocycles. The first-order chi connectivity index (χ1) is 12.2. The Morgan fingerprint density at radius 2 is 2.08 bits per heavy atom. The number of rotatable bonds is 8. The lowest BCUT2D eigenvalue weighted by Gasteiger charge is -2.18. The number of para-hydroxylation sites is 1. The molecule has 2 unspecified atom stereocenters. The second kappa shape index (κ2) is 8.77. The molecular weight excluding hydrogens is 314 g/mol. The Kier molecular flexibility index (Phi) is 6.18. The molecule has 0 spiro atoms. The number of hydrogen-bond donors (Lipinski definition) is 1. The summed E-state index contributed by atoms with van der Waals surface area (Å²) < 4.78 is 17.4. The SMILES string of the molecule is Cc1ccccc1OC(C)CNc1cccc(OCC2CCCO2)c1. The average Bonchev–Trinajstić information content (AvgIpc) is 3.14. The van der Waals surface area contributed by atoms with Gasteiger partial charge >= 0.3 is 0 Å². The van der Waals surface area contributed by atoms with Crippen molar-refractivity contribution >= 4 is 5.69 Å². The van der Waals surface area contributed by atoms with Crippen molar-refractivity contribution in [1.82, 2.24) is 0 Å². The number of hydrogen-bond acceptors (Lipinski definition) is 4. The van der Waals surface area contributed by atoms with E-state index in [1.807, 2.05) is 42.5 Å². The zero-order chi connectivity index (χ0) is 17.5. The summed E-state index contributed by atoms with van der Waals surface area (Å²) in [5.41, 5.74) is 2.18. The molecule has 2 aromatic rings. The Hall–Kier alpha value is -2.20. The Morgan fingerprint density at radius 3 is 2.88 bits per heavy atom. The Bertz CT molecular complexity index is 668. The summed E-state index contributed by atoms with van der Waals surface area (Å²) in [5, 5.41) is 3.42. The molecule has 0 radical (unpaired) electrons. The quantitative estimate of drug-likeness (QED) is 0.771. The summed E-state index contributed by atoms with van der Waals surface area (Å²) in [5.74, 6) is 1.80. The third kappa shape index (κ3) is 5.40. The number of ether oxygens (including phenoxy) is 3. The van der Waals surface area contributed by atoms with Gasteiger partial charge in [-0.2, -0.15) is 0 Å². The van der Waals surface area contributed by atoms with Gasteiger partial charge in [0, 0.05) is 18.4 Å². The summed E-state index contributed by atoms with van der Waals surface area (Å²) in [6, 6.07) is 16.1. The number of anilines is 1. The van der Waals surface area contributed by atoms with E-state index in [2.05, 4.69) is 25.2 Å². The normalized spacial score (nSPS) is 17.9. The zero-order valence-corrected chi connectivity index (χ0v) is 15.0. The van der Waals surface area contributed by atoms with E-state index in [1.54, 1.807) is 0 Å². The fraction of sp³-hybridized carbons (Fsp3) is 0.429. The lowest BCUT2D eigenvalue weighted by Crippen LogP contribution is -2.23. The second-order valence-corrected chi connectivity index (χ2v) is 6.55. The van der Waals surface area contributed by atoms with Gasteiger partial charge in [0.2, 0.25) is 0 Å². The van der Waals surface area contributed by atoms with Gasteiger partial charge in [-0.3, -0.25) is 0 Å². The molecule has 1 saturated heterocycles. The predicted octanol–water partition coefficient (Wildman–Crippen LogP) is 4.43. The smallest absolute Gasteiger partial charge is 0.122 e. The van der Waals surface area contributed by atoms with Crippen molar-refractivity contribution < 1.29 is 14.2 Å². The van der Waals surface area contributed by atoms with E-state index in [0.29, 0.717) is 6.61 Å². The minimum absolute atomic E-state index is 0.0672. The zero-order valence-electron chi connectivity index (χ0n) is 15.0. The van der Waals surface area contributed by atoms with E-state index in [9.17, 15) is 0 Å². The number of aryl methyl sites for hydroxylation is 1. The van der Waals surface area contributed by atoms with Crippen molar-refractivity contribution in [3.05, 3.63) is 54.1 Å². The predicted molar refractivity (Wildman–Crippen MR) is 101 cm³/mol. The van der Waals surface area contributed by atoms with E-state index < -0.39 is 0 Å². The molecule has 1 aliphatic heterocycles. The highest BCUT2D eigenvalue weighted by atomic mass is 16.5. The lowest BCUT2D eigenvalue weighted by atomic mass is 10.2. The van der Waals surface area contributed by atoms with Crippen LogP contribution in [0.3, 0.4) is 0 Å². The van der Waals surface area contributed by atoms with Crippen LogP contribution in [0.15, 0.2) is 48.5 Å². The number of benzene rings is 2. The fourth-order valence-electron chi connectivity index (χ4n) is 2.87. The fourth-order valence-corrected chi connectivity index (χ4v) is 2.87. The molecule has 1 heterocycles. The molecule has 0 bridgehead atoms. The molecule has 1 aliphatic rings. The van der Waals surface area contributed by atoms with Crippen LogP contribution in [-0.4, -0.2) is 32.0 Å². The summed E-state index contributed by atoms with van der Waals surface area (Å²) >= 11 is 0. The minimum Gasteiger partial charge on any atom is -0.491 e. The van der Waals surface area contributed by atoms with Gasteiger partial charge in [0.1, 0.15) is 24.2 Å². The van der Waals surface area contributed by atoms with Gasteiger partial charge in [0.15, 0.2) is 0 Å². The topological polar surface area (TPSA) is 39.7 Å². The molecule has 0 aliphatic carbocycles. The molecule has 3 rings (SSSR count). The standard InChI is InChI=1S/C21H27NO3/c1-16-7-3-4-11-21(16)25-17(2)14-22-18-8-5-9-19(13-18)24-15-20-10-6-12-23-20/h3-5,7-9,11,13,17,20,22H,6,10,12,14-15H2,1-2H3. The van der Waals surface area contributed by atoms with Crippen LogP contribution < -0.4 is 14.8 Å². The van der Waals surface area contributed by atoms with E-state index in [-0.39, 0.29) is 12.2 Å². The maximum Gasteiger partial charge on any atom is 0.122 e. The average molecular weight is 341 g/mol. The maximum atomic E-state index is 6.00. The highest BCUT2D eigenvalue weighted by molar-refractivity contribution is 5.48. The molecule has 2 aromatic carbocycles. The van der Waals surface area contributed by atoms with Gasteiger partial charge in [0.05, 0.1) is 12.6 Å². The van der Waals surface area contributed by atoms with Crippen molar-refractivity contribution in [2.45, 2.75) is 38.9 Å². The van der Waals surface area contributed by atoms with Gasteiger partial charge in [-0.05, 0) is 50.5 Å². The summed E-state index contributed by atoms with van der Waals surface area (Å²) in [6.45, 7) is 6.33. The highest BCUT2D eigenvalue weighted by Crippen LogP contribution is 2.21. The van der Waals surface area contributed by atoms with Crippen LogP contribution in [0.1, 0.15) is 25.3 Å². The van der Waals surface area contributed by atoms with Crippen LogP contribution in [0.25, 0.3) is 0 Å². The van der Waals surface area contributed by atoms with Crippen molar-refractivity contribution in [3.63, 3.8) is 0 Å².